The highest BCUT2D eigenvalue weighted by Gasteiger charge is 2.17. The number of hydrogen-bond acceptors (Lipinski definition) is 1. The maximum Gasteiger partial charge on any atom is 0.0393 e. The molecule has 1 nitrogen and oxygen atoms in total. The Hall–Kier alpha value is -0.500. The highest BCUT2D eigenvalue weighted by molar-refractivity contribution is 9.08. The lowest BCUT2D eigenvalue weighted by Gasteiger charge is -2.25. The van der Waals surface area contributed by atoms with Crippen molar-refractivity contribution in [3.63, 3.8) is 0 Å². The van der Waals surface area contributed by atoms with Gasteiger partial charge >= 0.3 is 0 Å². The maximum atomic E-state index is 3.51. The molecule has 0 unspecified atom stereocenters. The SMILES string of the molecule is Cc1cc(CBr)ccc1N(C)CC1CCCC1. The summed E-state index contributed by atoms with van der Waals surface area (Å²) in [6.07, 6.45) is 5.70. The second-order valence-corrected chi connectivity index (χ2v) is 5.85. The first-order valence-corrected chi connectivity index (χ1v) is 7.69. The largest absolute Gasteiger partial charge is 0.374 e. The average molecular weight is 296 g/mol. The Bertz CT molecular complexity index is 369. The van der Waals surface area contributed by atoms with E-state index in [1.807, 2.05) is 0 Å². The van der Waals surface area contributed by atoms with Crippen molar-refractivity contribution >= 4 is 21.6 Å². The Kier molecular flexibility index (Phi) is 4.49. The highest BCUT2D eigenvalue weighted by atomic mass is 79.9. The standard InChI is InChI=1S/C15H22BrN/c1-12-9-14(10-16)7-8-15(12)17(2)11-13-5-3-4-6-13/h7-9,13H,3-6,10-11H2,1-2H3. The van der Waals surface area contributed by atoms with E-state index in [9.17, 15) is 0 Å². The molecule has 0 aliphatic heterocycles. The number of halogens is 1. The van der Waals surface area contributed by atoms with Crippen LogP contribution in [0.3, 0.4) is 0 Å². The summed E-state index contributed by atoms with van der Waals surface area (Å²) in [5, 5.41) is 0.945. The van der Waals surface area contributed by atoms with Crippen LogP contribution in [0, 0.1) is 12.8 Å². The van der Waals surface area contributed by atoms with Gasteiger partial charge in [0.2, 0.25) is 0 Å². The molecule has 0 bridgehead atoms. The van der Waals surface area contributed by atoms with E-state index in [0.717, 1.165) is 11.2 Å². The van der Waals surface area contributed by atoms with Crippen molar-refractivity contribution in [3.05, 3.63) is 29.3 Å². The van der Waals surface area contributed by atoms with Crippen LogP contribution in [0.5, 0.6) is 0 Å². The molecule has 0 aromatic heterocycles. The zero-order valence-electron chi connectivity index (χ0n) is 10.9. The fourth-order valence-electron chi connectivity index (χ4n) is 2.91. The molecule has 0 atom stereocenters. The van der Waals surface area contributed by atoms with Crippen molar-refractivity contribution in [2.75, 3.05) is 18.5 Å². The molecule has 1 aliphatic rings. The van der Waals surface area contributed by atoms with E-state index in [1.165, 1.54) is 49.0 Å². The van der Waals surface area contributed by atoms with Crippen LogP contribution in [0.2, 0.25) is 0 Å². The second-order valence-electron chi connectivity index (χ2n) is 5.29. The zero-order chi connectivity index (χ0) is 12.3. The summed E-state index contributed by atoms with van der Waals surface area (Å²) in [7, 11) is 2.23. The Labute approximate surface area is 113 Å². The monoisotopic (exact) mass is 295 g/mol. The molecule has 1 aromatic rings. The normalized spacial score (nSPS) is 16.4. The first kappa shape index (κ1) is 12.9. The van der Waals surface area contributed by atoms with Crippen molar-refractivity contribution in [1.82, 2.24) is 0 Å². The van der Waals surface area contributed by atoms with Gasteiger partial charge in [-0.2, -0.15) is 0 Å². The van der Waals surface area contributed by atoms with Crippen LogP contribution in [0.15, 0.2) is 18.2 Å². The van der Waals surface area contributed by atoms with Gasteiger partial charge in [-0.15, -0.1) is 0 Å². The third kappa shape index (κ3) is 3.25. The van der Waals surface area contributed by atoms with Gasteiger partial charge in [0.1, 0.15) is 0 Å². The number of aryl methyl sites for hydroxylation is 1. The molecule has 94 valence electrons. The van der Waals surface area contributed by atoms with Crippen molar-refractivity contribution in [1.29, 1.82) is 0 Å². The van der Waals surface area contributed by atoms with Gasteiger partial charge in [-0.25, -0.2) is 0 Å². The fraction of sp³-hybridized carbons (Fsp3) is 0.600. The van der Waals surface area contributed by atoms with E-state index < -0.39 is 0 Å². The molecule has 2 heteroatoms. The Morgan fingerprint density at radius 1 is 1.29 bits per heavy atom. The van der Waals surface area contributed by atoms with Crippen molar-refractivity contribution in [2.45, 2.75) is 37.9 Å². The second kappa shape index (κ2) is 5.90. The van der Waals surface area contributed by atoms with Gasteiger partial charge in [-0.05, 0) is 42.9 Å². The molecule has 0 N–H and O–H groups in total. The maximum absolute atomic E-state index is 3.51. The molecule has 1 aliphatic carbocycles. The van der Waals surface area contributed by atoms with Gasteiger partial charge in [-0.1, -0.05) is 40.9 Å². The lowest BCUT2D eigenvalue weighted by Crippen LogP contribution is -2.24. The Morgan fingerprint density at radius 2 is 2.00 bits per heavy atom. The summed E-state index contributed by atoms with van der Waals surface area (Å²) in [6.45, 7) is 3.43. The van der Waals surface area contributed by atoms with Crippen molar-refractivity contribution in [3.8, 4) is 0 Å². The first-order chi connectivity index (χ1) is 8.20. The predicted molar refractivity (Wildman–Crippen MR) is 79.0 cm³/mol. The lowest BCUT2D eigenvalue weighted by atomic mass is 10.1. The number of hydrogen-bond donors (Lipinski definition) is 0. The molecular formula is C15H22BrN. The highest BCUT2D eigenvalue weighted by Crippen LogP contribution is 2.28. The third-order valence-electron chi connectivity index (χ3n) is 3.83. The van der Waals surface area contributed by atoms with E-state index in [4.69, 9.17) is 0 Å². The average Bonchev–Trinajstić information content (AvgIpc) is 2.81. The number of anilines is 1. The molecule has 1 fully saturated rings. The first-order valence-electron chi connectivity index (χ1n) is 6.57. The van der Waals surface area contributed by atoms with Crippen molar-refractivity contribution < 1.29 is 0 Å². The molecule has 0 radical (unpaired) electrons. The predicted octanol–water partition coefficient (Wildman–Crippen LogP) is 4.52. The van der Waals surface area contributed by atoms with Crippen LogP contribution >= 0.6 is 15.9 Å². The van der Waals surface area contributed by atoms with Gasteiger partial charge in [0, 0.05) is 24.6 Å². The van der Waals surface area contributed by atoms with E-state index in [2.05, 4.69) is 53.0 Å². The van der Waals surface area contributed by atoms with E-state index >= 15 is 0 Å². The topological polar surface area (TPSA) is 3.24 Å². The molecule has 2 rings (SSSR count). The van der Waals surface area contributed by atoms with Crippen LogP contribution in [-0.4, -0.2) is 13.6 Å². The van der Waals surface area contributed by atoms with Crippen LogP contribution in [0.25, 0.3) is 0 Å². The van der Waals surface area contributed by atoms with Gasteiger partial charge < -0.3 is 4.90 Å². The summed E-state index contributed by atoms with van der Waals surface area (Å²) in [6, 6.07) is 6.78. The van der Waals surface area contributed by atoms with E-state index in [1.54, 1.807) is 0 Å². The zero-order valence-corrected chi connectivity index (χ0v) is 12.5. The number of rotatable bonds is 4. The molecular weight excluding hydrogens is 274 g/mol. The molecule has 1 aromatic carbocycles. The van der Waals surface area contributed by atoms with Crippen LogP contribution in [0.4, 0.5) is 5.69 Å². The van der Waals surface area contributed by atoms with E-state index in [0.29, 0.717) is 0 Å². The quantitative estimate of drug-likeness (QED) is 0.739. The number of nitrogens with zero attached hydrogens (tertiary/aromatic N) is 1. The number of benzene rings is 1. The molecule has 0 spiro atoms. The summed E-state index contributed by atoms with van der Waals surface area (Å²) < 4.78 is 0. The van der Waals surface area contributed by atoms with Crippen molar-refractivity contribution in [2.24, 2.45) is 5.92 Å². The molecule has 0 saturated heterocycles. The summed E-state index contributed by atoms with van der Waals surface area (Å²) in [5.74, 6) is 0.912. The van der Waals surface area contributed by atoms with Gasteiger partial charge in [0.25, 0.3) is 0 Å². The van der Waals surface area contributed by atoms with Crippen LogP contribution in [0.1, 0.15) is 36.8 Å². The summed E-state index contributed by atoms with van der Waals surface area (Å²) in [4.78, 5) is 2.43. The fourth-order valence-corrected chi connectivity index (χ4v) is 3.26. The smallest absolute Gasteiger partial charge is 0.0393 e. The molecule has 17 heavy (non-hydrogen) atoms. The van der Waals surface area contributed by atoms with E-state index in [-0.39, 0.29) is 0 Å². The van der Waals surface area contributed by atoms with Crippen LogP contribution in [-0.2, 0) is 5.33 Å². The van der Waals surface area contributed by atoms with Gasteiger partial charge in [0.15, 0.2) is 0 Å². The minimum Gasteiger partial charge on any atom is -0.374 e. The van der Waals surface area contributed by atoms with Crippen LogP contribution < -0.4 is 4.90 Å². The lowest BCUT2D eigenvalue weighted by molar-refractivity contribution is 0.546. The Balaban J connectivity index is 2.04. The molecule has 0 heterocycles. The summed E-state index contributed by atoms with van der Waals surface area (Å²) in [5.41, 5.74) is 4.14. The molecule has 1 saturated carbocycles. The third-order valence-corrected chi connectivity index (χ3v) is 4.48. The molecule has 0 amide bonds. The minimum absolute atomic E-state index is 0.912. The number of alkyl halides is 1. The Morgan fingerprint density at radius 3 is 2.59 bits per heavy atom. The minimum atomic E-state index is 0.912. The summed E-state index contributed by atoms with van der Waals surface area (Å²) >= 11 is 3.51. The van der Waals surface area contributed by atoms with Gasteiger partial charge in [0.05, 0.1) is 0 Å². The van der Waals surface area contributed by atoms with Gasteiger partial charge in [-0.3, -0.25) is 0 Å².